The van der Waals surface area contributed by atoms with Gasteiger partial charge in [-0.25, -0.2) is 9.31 Å². The van der Waals surface area contributed by atoms with Gasteiger partial charge in [0.05, 0.1) is 19.0 Å². The van der Waals surface area contributed by atoms with E-state index in [2.05, 4.69) is 20.7 Å². The Bertz CT molecular complexity index is 1030. The van der Waals surface area contributed by atoms with Crippen molar-refractivity contribution in [1.82, 2.24) is 14.6 Å². The van der Waals surface area contributed by atoms with Crippen molar-refractivity contribution in [1.29, 1.82) is 0 Å². The lowest BCUT2D eigenvalue weighted by molar-refractivity contribution is -0.118. The maximum Gasteiger partial charge on any atom is 0.339 e. The summed E-state index contributed by atoms with van der Waals surface area (Å²) in [6, 6.07) is 9.26. The van der Waals surface area contributed by atoms with Gasteiger partial charge in [-0.3, -0.25) is 10.1 Å². The molecule has 2 aromatic heterocycles. The van der Waals surface area contributed by atoms with E-state index in [4.69, 9.17) is 4.74 Å². The Labute approximate surface area is 167 Å². The number of fused-ring (bicyclic) bond motifs is 1. The number of anilines is 2. The third-order valence-corrected chi connectivity index (χ3v) is 4.33. The minimum absolute atomic E-state index is 0.00278. The van der Waals surface area contributed by atoms with E-state index in [-0.39, 0.29) is 29.0 Å². The SMILES string of the molecule is COc1ccc(CCNc2cc(C(=O)O)c3nc(NC(=O)C(C)C)nn3c2)cc1. The summed E-state index contributed by atoms with van der Waals surface area (Å²) in [6.45, 7) is 4.10. The minimum atomic E-state index is -1.12. The molecule has 9 heteroatoms. The van der Waals surface area contributed by atoms with E-state index >= 15 is 0 Å². The summed E-state index contributed by atoms with van der Waals surface area (Å²) < 4.78 is 6.50. The fourth-order valence-electron chi connectivity index (χ4n) is 2.69. The highest BCUT2D eigenvalue weighted by Crippen LogP contribution is 2.18. The van der Waals surface area contributed by atoms with Crippen LogP contribution in [0.25, 0.3) is 5.65 Å². The number of amides is 1. The first kappa shape index (κ1) is 20.1. The van der Waals surface area contributed by atoms with Crippen LogP contribution in [-0.2, 0) is 11.2 Å². The number of aromatic carboxylic acids is 1. The normalized spacial score (nSPS) is 10.9. The van der Waals surface area contributed by atoms with E-state index in [1.165, 1.54) is 10.6 Å². The molecule has 0 fully saturated rings. The highest BCUT2D eigenvalue weighted by atomic mass is 16.5. The van der Waals surface area contributed by atoms with E-state index in [1.807, 2.05) is 24.3 Å². The zero-order chi connectivity index (χ0) is 21.0. The zero-order valence-electron chi connectivity index (χ0n) is 16.5. The number of pyridine rings is 1. The smallest absolute Gasteiger partial charge is 0.339 e. The summed E-state index contributed by atoms with van der Waals surface area (Å²) in [4.78, 5) is 27.6. The lowest BCUT2D eigenvalue weighted by Gasteiger charge is -2.08. The number of carbonyl (C=O) groups excluding carboxylic acids is 1. The maximum absolute atomic E-state index is 11.9. The first-order chi connectivity index (χ1) is 13.9. The van der Waals surface area contributed by atoms with Crippen LogP contribution in [0.15, 0.2) is 36.5 Å². The van der Waals surface area contributed by atoms with Gasteiger partial charge in [-0.2, -0.15) is 4.98 Å². The first-order valence-electron chi connectivity index (χ1n) is 9.18. The molecule has 2 heterocycles. The third-order valence-electron chi connectivity index (χ3n) is 4.33. The molecule has 0 saturated heterocycles. The summed E-state index contributed by atoms with van der Waals surface area (Å²) in [7, 11) is 1.62. The van der Waals surface area contributed by atoms with Crippen LogP contribution < -0.4 is 15.4 Å². The molecular weight excluding hydrogens is 374 g/mol. The molecular formula is C20H23N5O4. The molecule has 1 amide bonds. The van der Waals surface area contributed by atoms with E-state index in [9.17, 15) is 14.7 Å². The largest absolute Gasteiger partial charge is 0.497 e. The summed E-state index contributed by atoms with van der Waals surface area (Å²) in [5.41, 5.74) is 1.88. The van der Waals surface area contributed by atoms with Crippen LogP contribution in [0.5, 0.6) is 5.75 Å². The number of methoxy groups -OCH3 is 1. The number of ether oxygens (including phenoxy) is 1. The van der Waals surface area contributed by atoms with Gasteiger partial charge in [0.1, 0.15) is 11.3 Å². The molecule has 9 nitrogen and oxygen atoms in total. The van der Waals surface area contributed by atoms with Gasteiger partial charge < -0.3 is 15.2 Å². The Hall–Kier alpha value is -3.62. The van der Waals surface area contributed by atoms with E-state index < -0.39 is 5.97 Å². The number of carbonyl (C=O) groups is 2. The highest BCUT2D eigenvalue weighted by Gasteiger charge is 2.17. The average Bonchev–Trinajstić information content (AvgIpc) is 3.09. The fourth-order valence-corrected chi connectivity index (χ4v) is 2.69. The molecule has 0 aliphatic heterocycles. The number of rotatable bonds is 8. The van der Waals surface area contributed by atoms with Crippen LogP contribution in [0, 0.1) is 5.92 Å². The predicted molar refractivity (Wildman–Crippen MR) is 109 cm³/mol. The molecule has 0 radical (unpaired) electrons. The number of aromatic nitrogens is 3. The second kappa shape index (κ2) is 8.59. The van der Waals surface area contributed by atoms with Crippen molar-refractivity contribution in [3.8, 4) is 5.75 Å². The van der Waals surface area contributed by atoms with E-state index in [0.29, 0.717) is 12.2 Å². The molecule has 152 valence electrons. The van der Waals surface area contributed by atoms with Gasteiger partial charge in [0.2, 0.25) is 11.9 Å². The van der Waals surface area contributed by atoms with Crippen molar-refractivity contribution >= 4 is 29.2 Å². The Kier molecular flexibility index (Phi) is 5.96. The summed E-state index contributed by atoms with van der Waals surface area (Å²) >= 11 is 0. The number of hydrogen-bond acceptors (Lipinski definition) is 6. The molecule has 0 unspecified atom stereocenters. The molecule has 0 atom stereocenters. The number of carboxylic acid groups (broad SMARTS) is 1. The first-order valence-corrected chi connectivity index (χ1v) is 9.18. The second-order valence-electron chi connectivity index (χ2n) is 6.82. The molecule has 0 aliphatic carbocycles. The number of carboxylic acids is 1. The third kappa shape index (κ3) is 4.81. The Morgan fingerprint density at radius 2 is 1.97 bits per heavy atom. The van der Waals surface area contributed by atoms with E-state index in [1.54, 1.807) is 27.2 Å². The van der Waals surface area contributed by atoms with Gasteiger partial charge in [-0.05, 0) is 30.2 Å². The van der Waals surface area contributed by atoms with Crippen LogP contribution >= 0.6 is 0 Å². The standard InChI is InChI=1S/C20H23N5O4/c1-12(2)18(26)23-20-22-17-16(19(27)28)10-14(11-25(17)24-20)21-9-8-13-4-6-15(29-3)7-5-13/h4-7,10-12,21H,8-9H2,1-3H3,(H,27,28)(H,23,24,26). The molecule has 3 N–H and O–H groups in total. The monoisotopic (exact) mass is 397 g/mol. The van der Waals surface area contributed by atoms with Crippen LogP contribution in [-0.4, -0.2) is 45.2 Å². The Morgan fingerprint density at radius 1 is 1.24 bits per heavy atom. The number of nitrogens with zero attached hydrogens (tertiary/aromatic N) is 3. The quantitative estimate of drug-likeness (QED) is 0.535. The van der Waals surface area contributed by atoms with Crippen molar-refractivity contribution in [3.63, 3.8) is 0 Å². The molecule has 29 heavy (non-hydrogen) atoms. The lowest BCUT2D eigenvalue weighted by Crippen LogP contribution is -2.18. The Balaban J connectivity index is 1.76. The van der Waals surface area contributed by atoms with Crippen LogP contribution in [0.1, 0.15) is 29.8 Å². The molecule has 0 bridgehead atoms. The van der Waals surface area contributed by atoms with Crippen molar-refractivity contribution < 1.29 is 19.4 Å². The van der Waals surface area contributed by atoms with E-state index in [0.717, 1.165) is 17.7 Å². The van der Waals surface area contributed by atoms with Gasteiger partial charge in [0, 0.05) is 12.5 Å². The zero-order valence-corrected chi connectivity index (χ0v) is 16.5. The van der Waals surface area contributed by atoms with Crippen LogP contribution in [0.4, 0.5) is 11.6 Å². The number of hydrogen-bond donors (Lipinski definition) is 3. The van der Waals surface area contributed by atoms with Gasteiger partial charge in [0.15, 0.2) is 5.65 Å². The molecule has 0 saturated carbocycles. The molecule has 1 aromatic carbocycles. The maximum atomic E-state index is 11.9. The van der Waals surface area contributed by atoms with Crippen molar-refractivity contribution in [2.24, 2.45) is 5.92 Å². The van der Waals surface area contributed by atoms with Gasteiger partial charge in [-0.1, -0.05) is 26.0 Å². The van der Waals surface area contributed by atoms with Crippen LogP contribution in [0.2, 0.25) is 0 Å². The number of benzene rings is 1. The molecule has 0 spiro atoms. The van der Waals surface area contributed by atoms with Gasteiger partial charge >= 0.3 is 5.97 Å². The van der Waals surface area contributed by atoms with Gasteiger partial charge in [0.25, 0.3) is 0 Å². The topological polar surface area (TPSA) is 118 Å². The second-order valence-corrected chi connectivity index (χ2v) is 6.82. The highest BCUT2D eigenvalue weighted by molar-refractivity contribution is 5.96. The lowest BCUT2D eigenvalue weighted by atomic mass is 10.1. The van der Waals surface area contributed by atoms with Crippen LogP contribution in [0.3, 0.4) is 0 Å². The van der Waals surface area contributed by atoms with Crippen molar-refractivity contribution in [2.45, 2.75) is 20.3 Å². The fraction of sp³-hybridized carbons (Fsp3) is 0.300. The average molecular weight is 397 g/mol. The number of nitrogens with one attached hydrogen (secondary N) is 2. The molecule has 3 aromatic rings. The molecule has 3 rings (SSSR count). The Morgan fingerprint density at radius 3 is 2.59 bits per heavy atom. The summed E-state index contributed by atoms with van der Waals surface area (Å²) in [6.07, 6.45) is 2.39. The predicted octanol–water partition coefficient (Wildman–Crippen LogP) is 2.69. The molecule has 0 aliphatic rings. The van der Waals surface area contributed by atoms with Crippen molar-refractivity contribution in [3.05, 3.63) is 47.7 Å². The van der Waals surface area contributed by atoms with Crippen molar-refractivity contribution in [2.75, 3.05) is 24.3 Å². The van der Waals surface area contributed by atoms with Gasteiger partial charge in [-0.15, -0.1) is 5.10 Å². The summed E-state index contributed by atoms with van der Waals surface area (Å²) in [5.74, 6) is -0.735. The minimum Gasteiger partial charge on any atom is -0.497 e. The summed E-state index contributed by atoms with van der Waals surface area (Å²) in [5, 5.41) is 19.5.